The van der Waals surface area contributed by atoms with E-state index < -0.39 is 22.6 Å². The molecular formula is C23H17N3O6. The molecule has 1 aliphatic rings. The van der Waals surface area contributed by atoms with E-state index in [4.69, 9.17) is 4.74 Å². The van der Waals surface area contributed by atoms with E-state index >= 15 is 0 Å². The Hall–Kier alpha value is -4.53. The summed E-state index contributed by atoms with van der Waals surface area (Å²) in [5, 5.41) is 13.7. The molecule has 4 rings (SSSR count). The largest absolute Gasteiger partial charge is 0.494 e. The van der Waals surface area contributed by atoms with E-state index in [-0.39, 0.29) is 22.7 Å². The summed E-state index contributed by atoms with van der Waals surface area (Å²) < 4.78 is 5.37. The Bertz CT molecular complexity index is 1270. The lowest BCUT2D eigenvalue weighted by Crippen LogP contribution is -2.29. The van der Waals surface area contributed by atoms with Gasteiger partial charge in [0.2, 0.25) is 0 Å². The molecule has 1 heterocycles. The van der Waals surface area contributed by atoms with E-state index in [1.165, 1.54) is 43.5 Å². The van der Waals surface area contributed by atoms with E-state index in [1.54, 1.807) is 31.2 Å². The summed E-state index contributed by atoms with van der Waals surface area (Å²) in [4.78, 5) is 49.6. The van der Waals surface area contributed by atoms with Crippen molar-refractivity contribution in [2.24, 2.45) is 0 Å². The summed E-state index contributed by atoms with van der Waals surface area (Å²) in [6, 6.07) is 15.2. The highest BCUT2D eigenvalue weighted by Gasteiger charge is 2.37. The minimum absolute atomic E-state index is 0.0754. The number of ether oxygens (including phenoxy) is 1. The predicted molar refractivity (Wildman–Crippen MR) is 116 cm³/mol. The van der Waals surface area contributed by atoms with Crippen LogP contribution in [-0.4, -0.2) is 29.8 Å². The molecule has 9 heteroatoms. The Morgan fingerprint density at radius 1 is 1.00 bits per heavy atom. The first kappa shape index (κ1) is 20.7. The number of anilines is 2. The molecule has 3 aromatic rings. The third-order valence-corrected chi connectivity index (χ3v) is 5.13. The van der Waals surface area contributed by atoms with Crippen LogP contribution < -0.4 is 15.0 Å². The van der Waals surface area contributed by atoms with Crippen molar-refractivity contribution in [1.82, 2.24) is 0 Å². The minimum atomic E-state index is -0.514. The van der Waals surface area contributed by atoms with Gasteiger partial charge in [-0.05, 0) is 43.3 Å². The van der Waals surface area contributed by atoms with Crippen molar-refractivity contribution in [2.75, 3.05) is 17.3 Å². The minimum Gasteiger partial charge on any atom is -0.494 e. The number of amides is 3. The fourth-order valence-electron chi connectivity index (χ4n) is 3.55. The molecule has 0 bridgehead atoms. The number of aryl methyl sites for hydroxylation is 1. The molecule has 0 unspecified atom stereocenters. The number of hydrogen-bond acceptors (Lipinski definition) is 6. The second-order valence-corrected chi connectivity index (χ2v) is 7.09. The fraction of sp³-hybridized carbons (Fsp3) is 0.0870. The van der Waals surface area contributed by atoms with Crippen LogP contribution in [0.2, 0.25) is 0 Å². The van der Waals surface area contributed by atoms with Gasteiger partial charge < -0.3 is 10.1 Å². The lowest BCUT2D eigenvalue weighted by molar-refractivity contribution is -0.385. The van der Waals surface area contributed by atoms with Crippen molar-refractivity contribution in [3.8, 4) is 5.75 Å². The number of hydrogen-bond donors (Lipinski definition) is 1. The first-order valence-electron chi connectivity index (χ1n) is 9.54. The van der Waals surface area contributed by atoms with Gasteiger partial charge in [-0.15, -0.1) is 0 Å². The Kier molecular flexibility index (Phi) is 5.15. The van der Waals surface area contributed by atoms with Gasteiger partial charge in [0.25, 0.3) is 23.4 Å². The van der Waals surface area contributed by atoms with Gasteiger partial charge in [-0.1, -0.05) is 12.1 Å². The quantitative estimate of drug-likeness (QED) is 0.371. The van der Waals surface area contributed by atoms with Crippen molar-refractivity contribution in [1.29, 1.82) is 0 Å². The molecule has 160 valence electrons. The van der Waals surface area contributed by atoms with Crippen LogP contribution in [0, 0.1) is 17.0 Å². The smallest absolute Gasteiger partial charge is 0.272 e. The molecular weight excluding hydrogens is 414 g/mol. The predicted octanol–water partition coefficient (Wildman–Crippen LogP) is 3.96. The molecule has 0 spiro atoms. The molecule has 1 aliphatic heterocycles. The number of fused-ring (bicyclic) bond motifs is 1. The molecule has 32 heavy (non-hydrogen) atoms. The molecule has 0 aromatic heterocycles. The number of nitro benzene ring substituents is 1. The number of nitrogens with one attached hydrogen (secondary N) is 1. The SMILES string of the molecule is COc1cc(NC(=O)c2ccc([N+](=O)[O-])c(C)c2)ccc1N1C(=O)c2ccccc2C1=O. The highest BCUT2D eigenvalue weighted by Crippen LogP contribution is 2.36. The third-order valence-electron chi connectivity index (χ3n) is 5.13. The first-order valence-corrected chi connectivity index (χ1v) is 9.54. The van der Waals surface area contributed by atoms with Crippen molar-refractivity contribution in [3.05, 3.63) is 93.0 Å². The van der Waals surface area contributed by atoms with Crippen LogP contribution in [0.4, 0.5) is 17.1 Å². The Morgan fingerprint density at radius 2 is 1.66 bits per heavy atom. The van der Waals surface area contributed by atoms with Crippen LogP contribution in [0.3, 0.4) is 0 Å². The molecule has 0 radical (unpaired) electrons. The second-order valence-electron chi connectivity index (χ2n) is 7.09. The number of imide groups is 1. The molecule has 0 aliphatic carbocycles. The maximum atomic E-state index is 12.8. The lowest BCUT2D eigenvalue weighted by atomic mass is 10.1. The van der Waals surface area contributed by atoms with Crippen molar-refractivity contribution >= 4 is 34.8 Å². The molecule has 1 N–H and O–H groups in total. The van der Waals surface area contributed by atoms with Gasteiger partial charge >= 0.3 is 0 Å². The fourth-order valence-corrected chi connectivity index (χ4v) is 3.55. The van der Waals surface area contributed by atoms with Gasteiger partial charge in [0, 0.05) is 28.9 Å². The zero-order valence-corrected chi connectivity index (χ0v) is 17.1. The number of methoxy groups -OCH3 is 1. The average molecular weight is 431 g/mol. The monoisotopic (exact) mass is 431 g/mol. The molecule has 0 saturated carbocycles. The van der Waals surface area contributed by atoms with E-state index in [1.807, 2.05) is 0 Å². The van der Waals surface area contributed by atoms with E-state index in [0.717, 1.165) is 4.90 Å². The molecule has 0 fully saturated rings. The zero-order chi connectivity index (χ0) is 23.0. The normalized spacial score (nSPS) is 12.5. The Labute approximate surface area is 182 Å². The van der Waals surface area contributed by atoms with Gasteiger partial charge in [0.05, 0.1) is 28.8 Å². The van der Waals surface area contributed by atoms with Gasteiger partial charge in [-0.25, -0.2) is 4.90 Å². The van der Waals surface area contributed by atoms with Crippen molar-refractivity contribution < 1.29 is 24.0 Å². The topological polar surface area (TPSA) is 119 Å². The number of nitro groups is 1. The van der Waals surface area contributed by atoms with Gasteiger partial charge in [0.1, 0.15) is 5.75 Å². The summed E-state index contributed by atoms with van der Waals surface area (Å²) in [6.45, 7) is 1.55. The second kappa shape index (κ2) is 7.95. The highest BCUT2D eigenvalue weighted by molar-refractivity contribution is 6.34. The van der Waals surface area contributed by atoms with Crippen LogP contribution in [0.15, 0.2) is 60.7 Å². The van der Waals surface area contributed by atoms with Gasteiger partial charge in [-0.2, -0.15) is 0 Å². The van der Waals surface area contributed by atoms with E-state index in [0.29, 0.717) is 22.4 Å². The van der Waals surface area contributed by atoms with Crippen molar-refractivity contribution in [2.45, 2.75) is 6.92 Å². The summed E-state index contributed by atoms with van der Waals surface area (Å²) in [5.41, 5.74) is 1.77. The van der Waals surface area contributed by atoms with E-state index in [2.05, 4.69) is 5.32 Å². The molecule has 3 amide bonds. The number of rotatable bonds is 5. The zero-order valence-electron chi connectivity index (χ0n) is 17.1. The summed E-state index contributed by atoms with van der Waals surface area (Å²) in [6.07, 6.45) is 0. The summed E-state index contributed by atoms with van der Waals surface area (Å²) >= 11 is 0. The van der Waals surface area contributed by atoms with Crippen LogP contribution in [0.25, 0.3) is 0 Å². The molecule has 0 saturated heterocycles. The molecule has 3 aromatic carbocycles. The number of carbonyl (C=O) groups excluding carboxylic acids is 3. The van der Waals surface area contributed by atoms with Gasteiger partial charge in [0.15, 0.2) is 0 Å². The lowest BCUT2D eigenvalue weighted by Gasteiger charge is -2.18. The third kappa shape index (κ3) is 3.45. The van der Waals surface area contributed by atoms with Crippen LogP contribution in [0.1, 0.15) is 36.6 Å². The first-order chi connectivity index (χ1) is 15.3. The Morgan fingerprint density at radius 3 is 2.22 bits per heavy atom. The highest BCUT2D eigenvalue weighted by atomic mass is 16.6. The average Bonchev–Trinajstić information content (AvgIpc) is 3.03. The van der Waals surface area contributed by atoms with Crippen LogP contribution in [0.5, 0.6) is 5.75 Å². The van der Waals surface area contributed by atoms with Crippen molar-refractivity contribution in [3.63, 3.8) is 0 Å². The van der Waals surface area contributed by atoms with Crippen LogP contribution >= 0.6 is 0 Å². The van der Waals surface area contributed by atoms with Crippen LogP contribution in [-0.2, 0) is 0 Å². The van der Waals surface area contributed by atoms with Gasteiger partial charge in [-0.3, -0.25) is 24.5 Å². The maximum Gasteiger partial charge on any atom is 0.272 e. The number of nitrogens with zero attached hydrogens (tertiary/aromatic N) is 2. The summed E-state index contributed by atoms with van der Waals surface area (Å²) in [5.74, 6) is -1.17. The number of carbonyl (C=O) groups is 3. The molecule has 9 nitrogen and oxygen atoms in total. The summed E-state index contributed by atoms with van der Waals surface area (Å²) in [7, 11) is 1.39. The maximum absolute atomic E-state index is 12.8. The number of benzene rings is 3. The standard InChI is InChI=1S/C23H17N3O6/c1-13-11-14(7-9-18(13)26(30)31)21(27)24-15-8-10-19(20(12-15)32-2)25-22(28)16-5-3-4-6-17(16)23(25)29/h3-12H,1-2H3,(H,24,27). The van der Waals surface area contributed by atoms with E-state index in [9.17, 15) is 24.5 Å². The molecule has 0 atom stereocenters. The Balaban J connectivity index is 1.60.